The number of likely N-dealkylation sites (tertiary alicyclic amines) is 1. The summed E-state index contributed by atoms with van der Waals surface area (Å²) in [7, 11) is 0. The number of fused-ring (bicyclic) bond motifs is 1. The van der Waals surface area contributed by atoms with E-state index in [4.69, 9.17) is 5.11 Å². The van der Waals surface area contributed by atoms with Gasteiger partial charge in [-0.2, -0.15) is 0 Å². The van der Waals surface area contributed by atoms with Gasteiger partial charge in [0, 0.05) is 19.5 Å². The first-order valence-corrected chi connectivity index (χ1v) is 7.73. The number of aryl methyl sites for hydroxylation is 1. The number of rotatable bonds is 4. The van der Waals surface area contributed by atoms with Crippen LogP contribution in [0.15, 0.2) is 24.3 Å². The number of hydrogen-bond donors (Lipinski definition) is 1. The van der Waals surface area contributed by atoms with Gasteiger partial charge in [-0.15, -0.1) is 0 Å². The van der Waals surface area contributed by atoms with Crippen LogP contribution in [0.4, 0.5) is 0 Å². The molecule has 0 aromatic heterocycles. The Morgan fingerprint density at radius 1 is 1.10 bits per heavy atom. The van der Waals surface area contributed by atoms with Crippen molar-refractivity contribution >= 4 is 11.9 Å². The molecule has 1 amide bonds. The summed E-state index contributed by atoms with van der Waals surface area (Å²) in [5.41, 5.74) is 1.31. The second kappa shape index (κ2) is 5.88. The molecule has 0 bridgehead atoms. The van der Waals surface area contributed by atoms with Crippen molar-refractivity contribution < 1.29 is 14.7 Å². The molecule has 112 valence electrons. The summed E-state index contributed by atoms with van der Waals surface area (Å²) < 4.78 is 0. The molecule has 21 heavy (non-hydrogen) atoms. The number of benzene rings is 1. The van der Waals surface area contributed by atoms with E-state index in [1.807, 2.05) is 4.90 Å². The fourth-order valence-corrected chi connectivity index (χ4v) is 3.66. The van der Waals surface area contributed by atoms with Crippen molar-refractivity contribution in [3.63, 3.8) is 0 Å². The summed E-state index contributed by atoms with van der Waals surface area (Å²) in [5, 5.41) is 8.86. The predicted molar refractivity (Wildman–Crippen MR) is 79.1 cm³/mol. The molecule has 1 N–H and O–H groups in total. The SMILES string of the molecule is O=C(O)c1ccc(CCC(=O)N2CC3CCCC3C2)cc1. The Labute approximate surface area is 124 Å². The number of nitrogens with zero attached hydrogens (tertiary/aromatic N) is 1. The molecule has 1 aliphatic carbocycles. The lowest BCUT2D eigenvalue weighted by Gasteiger charge is -2.17. The van der Waals surface area contributed by atoms with E-state index >= 15 is 0 Å². The van der Waals surface area contributed by atoms with E-state index in [0.717, 1.165) is 30.5 Å². The molecule has 1 aliphatic heterocycles. The van der Waals surface area contributed by atoms with E-state index in [-0.39, 0.29) is 11.5 Å². The van der Waals surface area contributed by atoms with Gasteiger partial charge >= 0.3 is 5.97 Å². The second-order valence-electron chi connectivity index (χ2n) is 6.25. The van der Waals surface area contributed by atoms with Gasteiger partial charge in [0.2, 0.25) is 5.91 Å². The molecular weight excluding hydrogens is 266 g/mol. The molecule has 1 aromatic rings. The number of carboxylic acids is 1. The van der Waals surface area contributed by atoms with Crippen LogP contribution in [-0.4, -0.2) is 35.0 Å². The first kappa shape index (κ1) is 14.1. The van der Waals surface area contributed by atoms with Crippen molar-refractivity contribution in [1.29, 1.82) is 0 Å². The van der Waals surface area contributed by atoms with E-state index in [1.165, 1.54) is 19.3 Å². The van der Waals surface area contributed by atoms with Crippen LogP contribution in [-0.2, 0) is 11.2 Å². The minimum absolute atomic E-state index is 0.242. The Bertz CT molecular complexity index is 525. The molecule has 1 aromatic carbocycles. The molecule has 2 fully saturated rings. The third-order valence-electron chi connectivity index (χ3n) is 4.91. The third-order valence-corrected chi connectivity index (χ3v) is 4.91. The normalized spacial score (nSPS) is 24.1. The first-order chi connectivity index (χ1) is 10.1. The number of carbonyl (C=O) groups is 2. The minimum atomic E-state index is -0.916. The summed E-state index contributed by atoms with van der Waals surface area (Å²) >= 11 is 0. The van der Waals surface area contributed by atoms with E-state index in [1.54, 1.807) is 24.3 Å². The van der Waals surface area contributed by atoms with E-state index in [9.17, 15) is 9.59 Å². The van der Waals surface area contributed by atoms with Crippen LogP contribution in [0.5, 0.6) is 0 Å². The number of hydrogen-bond acceptors (Lipinski definition) is 2. The average molecular weight is 287 g/mol. The summed E-state index contributed by atoms with van der Waals surface area (Å²) in [6.07, 6.45) is 5.10. The summed E-state index contributed by atoms with van der Waals surface area (Å²) in [6, 6.07) is 6.80. The van der Waals surface area contributed by atoms with Crippen molar-refractivity contribution in [3.8, 4) is 0 Å². The van der Waals surface area contributed by atoms with Crippen LogP contribution < -0.4 is 0 Å². The van der Waals surface area contributed by atoms with Gasteiger partial charge in [0.05, 0.1) is 5.56 Å². The molecule has 1 heterocycles. The topological polar surface area (TPSA) is 57.6 Å². The quantitative estimate of drug-likeness (QED) is 0.926. The van der Waals surface area contributed by atoms with Crippen LogP contribution in [0.3, 0.4) is 0 Å². The highest BCUT2D eigenvalue weighted by molar-refractivity contribution is 5.87. The smallest absolute Gasteiger partial charge is 0.335 e. The van der Waals surface area contributed by atoms with Gasteiger partial charge in [-0.1, -0.05) is 18.6 Å². The fraction of sp³-hybridized carbons (Fsp3) is 0.529. The largest absolute Gasteiger partial charge is 0.478 e. The lowest BCUT2D eigenvalue weighted by molar-refractivity contribution is -0.130. The van der Waals surface area contributed by atoms with Gasteiger partial charge in [-0.3, -0.25) is 4.79 Å². The average Bonchev–Trinajstić information content (AvgIpc) is 3.06. The number of carboxylic acid groups (broad SMARTS) is 1. The lowest BCUT2D eigenvalue weighted by atomic mass is 10.0. The van der Waals surface area contributed by atoms with Crippen molar-refractivity contribution in [2.75, 3.05) is 13.1 Å². The van der Waals surface area contributed by atoms with Gasteiger partial charge in [-0.05, 0) is 48.8 Å². The number of aromatic carboxylic acids is 1. The molecule has 2 aliphatic rings. The van der Waals surface area contributed by atoms with Crippen molar-refractivity contribution in [3.05, 3.63) is 35.4 Å². The molecule has 1 saturated heterocycles. The Morgan fingerprint density at radius 3 is 2.29 bits per heavy atom. The monoisotopic (exact) mass is 287 g/mol. The zero-order chi connectivity index (χ0) is 14.8. The molecule has 4 nitrogen and oxygen atoms in total. The molecule has 2 atom stereocenters. The number of carbonyl (C=O) groups excluding carboxylic acids is 1. The van der Waals surface area contributed by atoms with Gasteiger partial charge < -0.3 is 10.0 Å². The van der Waals surface area contributed by atoms with Crippen LogP contribution in [0, 0.1) is 11.8 Å². The second-order valence-corrected chi connectivity index (χ2v) is 6.25. The van der Waals surface area contributed by atoms with Crippen molar-refractivity contribution in [2.24, 2.45) is 11.8 Å². The van der Waals surface area contributed by atoms with Crippen molar-refractivity contribution in [2.45, 2.75) is 32.1 Å². The Morgan fingerprint density at radius 2 is 1.71 bits per heavy atom. The Balaban J connectivity index is 1.50. The molecule has 2 unspecified atom stereocenters. The maximum absolute atomic E-state index is 12.3. The van der Waals surface area contributed by atoms with E-state index < -0.39 is 5.97 Å². The standard InChI is InChI=1S/C17H21NO3/c19-16(18-10-14-2-1-3-15(14)11-18)9-6-12-4-7-13(8-5-12)17(20)21/h4-5,7-8,14-15H,1-3,6,9-11H2,(H,20,21). The molecule has 3 rings (SSSR count). The number of amides is 1. The van der Waals surface area contributed by atoms with Gasteiger partial charge in [0.1, 0.15) is 0 Å². The molecule has 0 radical (unpaired) electrons. The fourth-order valence-electron chi connectivity index (χ4n) is 3.66. The highest BCUT2D eigenvalue weighted by atomic mass is 16.4. The minimum Gasteiger partial charge on any atom is -0.478 e. The van der Waals surface area contributed by atoms with Crippen LogP contribution in [0.25, 0.3) is 0 Å². The van der Waals surface area contributed by atoms with Crippen molar-refractivity contribution in [1.82, 2.24) is 4.90 Å². The molecule has 4 heteroatoms. The first-order valence-electron chi connectivity index (χ1n) is 7.73. The maximum atomic E-state index is 12.3. The zero-order valence-electron chi connectivity index (χ0n) is 12.1. The van der Waals surface area contributed by atoms with Gasteiger partial charge in [-0.25, -0.2) is 4.79 Å². The Kier molecular flexibility index (Phi) is 3.95. The van der Waals surface area contributed by atoms with Gasteiger partial charge in [0.25, 0.3) is 0 Å². The molecule has 0 spiro atoms. The summed E-state index contributed by atoms with van der Waals surface area (Å²) in [5.74, 6) is 0.806. The van der Waals surface area contributed by atoms with Crippen LogP contribution in [0.2, 0.25) is 0 Å². The summed E-state index contributed by atoms with van der Waals surface area (Å²) in [6.45, 7) is 1.89. The zero-order valence-corrected chi connectivity index (χ0v) is 12.1. The van der Waals surface area contributed by atoms with Gasteiger partial charge in [0.15, 0.2) is 0 Å². The predicted octanol–water partition coefficient (Wildman–Crippen LogP) is 2.58. The molecular formula is C17H21NO3. The van der Waals surface area contributed by atoms with E-state index in [0.29, 0.717) is 12.8 Å². The lowest BCUT2D eigenvalue weighted by Crippen LogP contribution is -2.29. The highest BCUT2D eigenvalue weighted by Gasteiger charge is 2.37. The van der Waals surface area contributed by atoms with Crippen LogP contribution in [0.1, 0.15) is 41.6 Å². The maximum Gasteiger partial charge on any atom is 0.335 e. The third kappa shape index (κ3) is 3.09. The highest BCUT2D eigenvalue weighted by Crippen LogP contribution is 2.37. The molecule has 1 saturated carbocycles. The van der Waals surface area contributed by atoms with Crippen LogP contribution >= 0.6 is 0 Å². The van der Waals surface area contributed by atoms with E-state index in [2.05, 4.69) is 0 Å². The Hall–Kier alpha value is -1.84. The summed E-state index contributed by atoms with van der Waals surface area (Å²) in [4.78, 5) is 25.1.